The largest absolute Gasteiger partial charge is 0.478 e. The fraction of sp³-hybridized carbons (Fsp3) is 0.125. The second-order valence-electron chi connectivity index (χ2n) is 7.52. The topological polar surface area (TPSA) is 79.6 Å². The van der Waals surface area contributed by atoms with E-state index in [0.29, 0.717) is 20.5 Å². The highest BCUT2D eigenvalue weighted by Crippen LogP contribution is 2.35. The Kier molecular flexibility index (Phi) is 6.38. The molecule has 3 aromatic rings. The lowest BCUT2D eigenvalue weighted by atomic mass is 10.2. The van der Waals surface area contributed by atoms with Gasteiger partial charge in [0.15, 0.2) is 0 Å². The number of hydrogen-bond acceptors (Lipinski definition) is 4. The van der Waals surface area contributed by atoms with Gasteiger partial charge in [0.1, 0.15) is 0 Å². The first-order chi connectivity index (χ1) is 15.7. The molecule has 0 atom stereocenters. The molecule has 0 saturated carbocycles. The van der Waals surface area contributed by atoms with Crippen LogP contribution in [-0.2, 0) is 11.3 Å². The van der Waals surface area contributed by atoms with Crippen molar-refractivity contribution in [2.75, 3.05) is 0 Å². The number of carboxylic acids is 1. The molecular weight excluding hydrogens is 483 g/mol. The first-order valence-electron chi connectivity index (χ1n) is 9.87. The van der Waals surface area contributed by atoms with Gasteiger partial charge in [-0.25, -0.2) is 4.79 Å². The minimum atomic E-state index is -0.987. The molecule has 6 nitrogen and oxygen atoms in total. The number of aromatic nitrogens is 1. The van der Waals surface area contributed by atoms with Gasteiger partial charge in [-0.1, -0.05) is 29.3 Å². The summed E-state index contributed by atoms with van der Waals surface area (Å²) in [5.41, 5.74) is 4.21. The Balaban J connectivity index is 1.61. The summed E-state index contributed by atoms with van der Waals surface area (Å²) in [6.07, 6.45) is 1.71. The SMILES string of the molecule is Cc1cc(/C=C2/SC(=O)N(Cc3ccc(Cl)cc3Cl)C2=O)c(C)n1-c1ccc(C(=O)O)cc1. The highest BCUT2D eigenvalue weighted by molar-refractivity contribution is 8.18. The number of amides is 2. The summed E-state index contributed by atoms with van der Waals surface area (Å²) in [6.45, 7) is 3.89. The minimum absolute atomic E-state index is 0.0625. The zero-order valence-corrected chi connectivity index (χ0v) is 20.0. The first-order valence-corrected chi connectivity index (χ1v) is 11.4. The van der Waals surface area contributed by atoms with Gasteiger partial charge in [-0.2, -0.15) is 0 Å². The molecule has 1 aliphatic rings. The van der Waals surface area contributed by atoms with Crippen LogP contribution in [0.2, 0.25) is 10.0 Å². The van der Waals surface area contributed by atoms with E-state index in [1.54, 1.807) is 48.5 Å². The van der Waals surface area contributed by atoms with E-state index in [1.165, 1.54) is 0 Å². The number of aromatic carboxylic acids is 1. The molecule has 2 amide bonds. The van der Waals surface area contributed by atoms with Gasteiger partial charge >= 0.3 is 5.97 Å². The number of imide groups is 1. The number of carboxylic acid groups (broad SMARTS) is 1. The number of benzene rings is 2. The Morgan fingerprint density at radius 1 is 1.06 bits per heavy atom. The van der Waals surface area contributed by atoms with Gasteiger partial charge in [-0.3, -0.25) is 14.5 Å². The second kappa shape index (κ2) is 9.09. The molecule has 2 heterocycles. The Bertz CT molecular complexity index is 1330. The van der Waals surface area contributed by atoms with Crippen molar-refractivity contribution in [3.8, 4) is 5.69 Å². The summed E-state index contributed by atoms with van der Waals surface area (Å²) in [4.78, 5) is 38.1. The van der Waals surface area contributed by atoms with Gasteiger partial charge < -0.3 is 9.67 Å². The number of aryl methyl sites for hydroxylation is 1. The van der Waals surface area contributed by atoms with Crippen LogP contribution in [0.3, 0.4) is 0 Å². The van der Waals surface area contributed by atoms with Crippen molar-refractivity contribution < 1.29 is 19.5 Å². The lowest BCUT2D eigenvalue weighted by Gasteiger charge is -2.13. The van der Waals surface area contributed by atoms with Gasteiger partial charge in [0, 0.05) is 27.1 Å². The fourth-order valence-corrected chi connectivity index (χ4v) is 4.98. The molecule has 9 heteroatoms. The summed E-state index contributed by atoms with van der Waals surface area (Å²) >= 11 is 13.0. The normalized spacial score (nSPS) is 15.0. The summed E-state index contributed by atoms with van der Waals surface area (Å²) in [6, 6.07) is 13.4. The standard InChI is InChI=1S/C24H18Cl2N2O4S/c1-13-9-17(14(2)28(13)19-7-4-15(5-8-19)23(30)31)10-21-22(29)27(24(32)33-21)12-16-3-6-18(25)11-20(16)26/h3-11H,12H2,1-2H3,(H,30,31)/b21-10+. The van der Waals surface area contributed by atoms with Crippen LogP contribution >= 0.6 is 35.0 Å². The van der Waals surface area contributed by atoms with Gasteiger partial charge in [0.05, 0.1) is 17.0 Å². The Morgan fingerprint density at radius 3 is 2.39 bits per heavy atom. The zero-order chi connectivity index (χ0) is 23.9. The van der Waals surface area contributed by atoms with Gasteiger partial charge in [-0.05, 0) is 85.3 Å². The van der Waals surface area contributed by atoms with Crippen LogP contribution in [0.5, 0.6) is 0 Å². The maximum atomic E-state index is 13.0. The maximum Gasteiger partial charge on any atom is 0.335 e. The lowest BCUT2D eigenvalue weighted by molar-refractivity contribution is -0.123. The third kappa shape index (κ3) is 4.57. The summed E-state index contributed by atoms with van der Waals surface area (Å²) in [5.74, 6) is -1.37. The molecule has 0 radical (unpaired) electrons. The van der Waals surface area contributed by atoms with Crippen LogP contribution in [0.25, 0.3) is 11.8 Å². The lowest BCUT2D eigenvalue weighted by Crippen LogP contribution is -2.27. The molecule has 0 aliphatic carbocycles. The van der Waals surface area contributed by atoms with Crippen LogP contribution in [-0.4, -0.2) is 31.7 Å². The van der Waals surface area contributed by atoms with E-state index in [2.05, 4.69) is 0 Å². The van der Waals surface area contributed by atoms with E-state index >= 15 is 0 Å². The third-order valence-corrected chi connectivity index (χ3v) is 6.84. The van der Waals surface area contributed by atoms with Crippen molar-refractivity contribution in [2.45, 2.75) is 20.4 Å². The maximum absolute atomic E-state index is 13.0. The fourth-order valence-electron chi connectivity index (χ4n) is 3.68. The summed E-state index contributed by atoms with van der Waals surface area (Å²) in [5, 5.41) is 9.62. The van der Waals surface area contributed by atoms with E-state index < -0.39 is 5.97 Å². The highest BCUT2D eigenvalue weighted by Gasteiger charge is 2.35. The van der Waals surface area contributed by atoms with Gasteiger partial charge in [0.25, 0.3) is 11.1 Å². The number of nitrogens with zero attached hydrogens (tertiary/aromatic N) is 2. The molecule has 1 fully saturated rings. The highest BCUT2D eigenvalue weighted by atomic mass is 35.5. The Hall–Kier alpha value is -3.00. The van der Waals surface area contributed by atoms with E-state index in [9.17, 15) is 14.4 Å². The van der Waals surface area contributed by atoms with Crippen molar-refractivity contribution in [3.05, 3.63) is 91.6 Å². The molecule has 4 rings (SSSR count). The predicted molar refractivity (Wildman–Crippen MR) is 130 cm³/mol. The van der Waals surface area contributed by atoms with Crippen molar-refractivity contribution >= 4 is 58.2 Å². The second-order valence-corrected chi connectivity index (χ2v) is 9.35. The van der Waals surface area contributed by atoms with Gasteiger partial charge in [0.2, 0.25) is 0 Å². The van der Waals surface area contributed by atoms with Crippen LogP contribution in [0.4, 0.5) is 4.79 Å². The minimum Gasteiger partial charge on any atom is -0.478 e. The smallest absolute Gasteiger partial charge is 0.335 e. The molecule has 1 saturated heterocycles. The van der Waals surface area contributed by atoms with Crippen molar-refractivity contribution in [1.29, 1.82) is 0 Å². The van der Waals surface area contributed by atoms with E-state index in [1.807, 2.05) is 24.5 Å². The van der Waals surface area contributed by atoms with E-state index in [-0.39, 0.29) is 23.3 Å². The number of halogens is 2. The van der Waals surface area contributed by atoms with Crippen LogP contribution < -0.4 is 0 Å². The van der Waals surface area contributed by atoms with Crippen molar-refractivity contribution in [1.82, 2.24) is 9.47 Å². The van der Waals surface area contributed by atoms with Gasteiger partial charge in [-0.15, -0.1) is 0 Å². The number of hydrogen-bond donors (Lipinski definition) is 1. The van der Waals surface area contributed by atoms with Crippen LogP contribution in [0.15, 0.2) is 53.4 Å². The number of carbonyl (C=O) groups is 3. The predicted octanol–water partition coefficient (Wildman–Crippen LogP) is 6.34. The van der Waals surface area contributed by atoms with Crippen molar-refractivity contribution in [2.24, 2.45) is 0 Å². The van der Waals surface area contributed by atoms with Crippen molar-refractivity contribution in [3.63, 3.8) is 0 Å². The quantitative estimate of drug-likeness (QED) is 0.413. The summed E-state index contributed by atoms with van der Waals surface area (Å²) < 4.78 is 1.97. The molecule has 0 spiro atoms. The zero-order valence-electron chi connectivity index (χ0n) is 17.6. The average molecular weight is 501 g/mol. The molecule has 1 aliphatic heterocycles. The molecular formula is C24H18Cl2N2O4S. The molecule has 1 aromatic heterocycles. The Morgan fingerprint density at radius 2 is 1.76 bits per heavy atom. The van der Waals surface area contributed by atoms with E-state index in [0.717, 1.165) is 39.3 Å². The molecule has 168 valence electrons. The van der Waals surface area contributed by atoms with Crippen LogP contribution in [0.1, 0.15) is 32.9 Å². The third-order valence-electron chi connectivity index (χ3n) is 5.35. The number of rotatable bonds is 5. The number of thioether (sulfide) groups is 1. The molecule has 33 heavy (non-hydrogen) atoms. The summed E-state index contributed by atoms with van der Waals surface area (Å²) in [7, 11) is 0. The molecule has 2 aromatic carbocycles. The monoisotopic (exact) mass is 500 g/mol. The van der Waals surface area contributed by atoms with Crippen LogP contribution in [0, 0.1) is 13.8 Å². The number of carbonyl (C=O) groups excluding carboxylic acids is 2. The molecule has 1 N–H and O–H groups in total. The molecule has 0 bridgehead atoms. The first kappa shape index (κ1) is 23.2. The Labute approximate surface area is 204 Å². The van der Waals surface area contributed by atoms with E-state index in [4.69, 9.17) is 28.3 Å². The average Bonchev–Trinajstić information content (AvgIpc) is 3.19. The molecule has 0 unspecified atom stereocenters.